The maximum absolute atomic E-state index is 11.2. The highest BCUT2D eigenvalue weighted by molar-refractivity contribution is 6.00. The third kappa shape index (κ3) is 2.86. The number of fused-ring (bicyclic) bond motifs is 1. The van der Waals surface area contributed by atoms with Crippen molar-refractivity contribution in [2.45, 2.75) is 13.3 Å². The molecule has 19 heavy (non-hydrogen) atoms. The molecule has 3 heteroatoms. The summed E-state index contributed by atoms with van der Waals surface area (Å²) in [4.78, 5) is 11.2. The molecular formula is C16H14O3. The molecule has 0 aliphatic carbocycles. The van der Waals surface area contributed by atoms with Crippen molar-refractivity contribution in [3.63, 3.8) is 0 Å². The number of benzene rings is 2. The van der Waals surface area contributed by atoms with E-state index in [1.54, 1.807) is 19.1 Å². The normalized spacial score (nSPS) is 9.74. The van der Waals surface area contributed by atoms with E-state index in [0.717, 1.165) is 10.8 Å². The van der Waals surface area contributed by atoms with Crippen molar-refractivity contribution < 1.29 is 14.6 Å². The summed E-state index contributed by atoms with van der Waals surface area (Å²) >= 11 is 0. The van der Waals surface area contributed by atoms with Crippen LogP contribution in [-0.2, 0) is 0 Å². The average Bonchev–Trinajstić information content (AvgIpc) is 2.43. The Bertz CT molecular complexity index is 662. The molecular weight excluding hydrogens is 240 g/mol. The molecule has 0 saturated heterocycles. The standard InChI is InChI=1S/C16H14O3/c1-2-3-6-11-19-15-13-8-5-4-7-12(13)9-10-14(15)16(17)18/h4-5,7-10H,6,11H2,1H3,(H,17,18). The molecule has 2 aromatic rings. The van der Waals surface area contributed by atoms with Gasteiger partial charge in [-0.05, 0) is 18.4 Å². The van der Waals surface area contributed by atoms with Gasteiger partial charge in [-0.1, -0.05) is 30.3 Å². The Kier molecular flexibility index (Phi) is 4.04. The molecule has 3 nitrogen and oxygen atoms in total. The first-order valence-electron chi connectivity index (χ1n) is 6.01. The van der Waals surface area contributed by atoms with Gasteiger partial charge in [0.05, 0.1) is 6.61 Å². The summed E-state index contributed by atoms with van der Waals surface area (Å²) in [6, 6.07) is 10.9. The molecule has 0 spiro atoms. The lowest BCUT2D eigenvalue weighted by Gasteiger charge is -2.11. The largest absolute Gasteiger partial charge is 0.491 e. The first kappa shape index (κ1) is 13.0. The Hall–Kier alpha value is -2.47. The molecule has 0 amide bonds. The molecule has 0 fully saturated rings. The van der Waals surface area contributed by atoms with Gasteiger partial charge in [0, 0.05) is 11.8 Å². The van der Waals surface area contributed by atoms with Crippen molar-refractivity contribution >= 4 is 16.7 Å². The van der Waals surface area contributed by atoms with Crippen LogP contribution in [0.4, 0.5) is 0 Å². The van der Waals surface area contributed by atoms with Crippen LogP contribution in [-0.4, -0.2) is 17.7 Å². The van der Waals surface area contributed by atoms with Crippen molar-refractivity contribution in [2.24, 2.45) is 0 Å². The Balaban J connectivity index is 2.42. The van der Waals surface area contributed by atoms with E-state index in [2.05, 4.69) is 11.8 Å². The molecule has 0 bridgehead atoms. The molecule has 0 aromatic heterocycles. The van der Waals surface area contributed by atoms with Gasteiger partial charge in [0.25, 0.3) is 0 Å². The van der Waals surface area contributed by atoms with E-state index >= 15 is 0 Å². The average molecular weight is 254 g/mol. The van der Waals surface area contributed by atoms with Crippen LogP contribution in [0.2, 0.25) is 0 Å². The number of ether oxygens (including phenoxy) is 1. The van der Waals surface area contributed by atoms with Crippen molar-refractivity contribution in [3.8, 4) is 17.6 Å². The van der Waals surface area contributed by atoms with Gasteiger partial charge in [0.1, 0.15) is 11.3 Å². The van der Waals surface area contributed by atoms with Crippen LogP contribution < -0.4 is 4.74 Å². The van der Waals surface area contributed by atoms with Crippen LogP contribution in [0.25, 0.3) is 10.8 Å². The van der Waals surface area contributed by atoms with Gasteiger partial charge < -0.3 is 9.84 Å². The van der Waals surface area contributed by atoms with Crippen LogP contribution in [0.3, 0.4) is 0 Å². The van der Waals surface area contributed by atoms with Crippen LogP contribution >= 0.6 is 0 Å². The minimum absolute atomic E-state index is 0.183. The predicted octanol–water partition coefficient (Wildman–Crippen LogP) is 3.33. The summed E-state index contributed by atoms with van der Waals surface area (Å²) in [5, 5.41) is 11.0. The van der Waals surface area contributed by atoms with Gasteiger partial charge in [-0.3, -0.25) is 0 Å². The molecule has 0 aliphatic heterocycles. The minimum Gasteiger partial charge on any atom is -0.491 e. The van der Waals surface area contributed by atoms with Gasteiger partial charge in [-0.15, -0.1) is 11.8 Å². The highest BCUT2D eigenvalue weighted by Crippen LogP contribution is 2.30. The number of carbonyl (C=O) groups is 1. The van der Waals surface area contributed by atoms with Crippen molar-refractivity contribution in [3.05, 3.63) is 42.0 Å². The lowest BCUT2D eigenvalue weighted by Crippen LogP contribution is -2.04. The fraction of sp³-hybridized carbons (Fsp3) is 0.188. The molecule has 2 rings (SSSR count). The fourth-order valence-electron chi connectivity index (χ4n) is 1.90. The van der Waals surface area contributed by atoms with E-state index in [9.17, 15) is 9.90 Å². The van der Waals surface area contributed by atoms with Crippen molar-refractivity contribution in [1.29, 1.82) is 0 Å². The van der Waals surface area contributed by atoms with Gasteiger partial charge in [-0.2, -0.15) is 0 Å². The second kappa shape index (κ2) is 5.92. The zero-order valence-electron chi connectivity index (χ0n) is 10.6. The van der Waals surface area contributed by atoms with E-state index < -0.39 is 5.97 Å². The summed E-state index contributed by atoms with van der Waals surface area (Å²) in [5.74, 6) is 5.11. The minimum atomic E-state index is -0.984. The van der Waals surface area contributed by atoms with E-state index in [0.29, 0.717) is 18.8 Å². The lowest BCUT2D eigenvalue weighted by atomic mass is 10.1. The lowest BCUT2D eigenvalue weighted by molar-refractivity contribution is 0.0692. The van der Waals surface area contributed by atoms with E-state index in [-0.39, 0.29) is 5.56 Å². The molecule has 1 N–H and O–H groups in total. The van der Waals surface area contributed by atoms with Crippen LogP contribution in [0.15, 0.2) is 36.4 Å². The topological polar surface area (TPSA) is 46.5 Å². The third-order valence-electron chi connectivity index (χ3n) is 2.76. The second-order valence-corrected chi connectivity index (χ2v) is 3.99. The van der Waals surface area contributed by atoms with Gasteiger partial charge >= 0.3 is 5.97 Å². The van der Waals surface area contributed by atoms with Crippen LogP contribution in [0, 0.1) is 11.8 Å². The zero-order valence-corrected chi connectivity index (χ0v) is 10.6. The van der Waals surface area contributed by atoms with E-state index in [1.165, 1.54) is 0 Å². The molecule has 0 unspecified atom stereocenters. The SMILES string of the molecule is CC#CCCOc1c(C(=O)O)ccc2ccccc12. The van der Waals surface area contributed by atoms with Crippen LogP contribution in [0.5, 0.6) is 5.75 Å². The maximum atomic E-state index is 11.2. The molecule has 0 atom stereocenters. The first-order chi connectivity index (χ1) is 9.24. The predicted molar refractivity (Wildman–Crippen MR) is 74.5 cm³/mol. The number of rotatable bonds is 4. The fourth-order valence-corrected chi connectivity index (χ4v) is 1.90. The highest BCUT2D eigenvalue weighted by Gasteiger charge is 2.14. The van der Waals surface area contributed by atoms with E-state index in [4.69, 9.17) is 4.74 Å². The smallest absolute Gasteiger partial charge is 0.339 e. The summed E-state index contributed by atoms with van der Waals surface area (Å²) in [6.07, 6.45) is 0.582. The number of carboxylic acids is 1. The number of aromatic carboxylic acids is 1. The Morgan fingerprint density at radius 3 is 2.79 bits per heavy atom. The zero-order chi connectivity index (χ0) is 13.7. The Morgan fingerprint density at radius 1 is 1.26 bits per heavy atom. The summed E-state index contributed by atoms with van der Waals surface area (Å²) in [5.41, 5.74) is 0.183. The maximum Gasteiger partial charge on any atom is 0.339 e. The molecule has 2 aromatic carbocycles. The van der Waals surface area contributed by atoms with Crippen molar-refractivity contribution in [1.82, 2.24) is 0 Å². The number of carboxylic acid groups (broad SMARTS) is 1. The van der Waals surface area contributed by atoms with Crippen molar-refractivity contribution in [2.75, 3.05) is 6.61 Å². The molecule has 0 heterocycles. The first-order valence-corrected chi connectivity index (χ1v) is 6.01. The monoisotopic (exact) mass is 254 g/mol. The summed E-state index contributed by atoms with van der Waals surface area (Å²) < 4.78 is 5.63. The number of hydrogen-bond donors (Lipinski definition) is 1. The van der Waals surface area contributed by atoms with Gasteiger partial charge in [0.2, 0.25) is 0 Å². The van der Waals surface area contributed by atoms with Gasteiger partial charge in [0.15, 0.2) is 0 Å². The Labute approximate surface area is 111 Å². The third-order valence-corrected chi connectivity index (χ3v) is 2.76. The molecule has 96 valence electrons. The van der Waals surface area contributed by atoms with E-state index in [1.807, 2.05) is 24.3 Å². The number of hydrogen-bond acceptors (Lipinski definition) is 2. The van der Waals surface area contributed by atoms with Crippen LogP contribution in [0.1, 0.15) is 23.7 Å². The Morgan fingerprint density at radius 2 is 2.05 bits per heavy atom. The van der Waals surface area contributed by atoms with Gasteiger partial charge in [-0.25, -0.2) is 4.79 Å². The summed E-state index contributed by atoms with van der Waals surface area (Å²) in [6.45, 7) is 2.15. The molecule has 0 radical (unpaired) electrons. The highest BCUT2D eigenvalue weighted by atomic mass is 16.5. The second-order valence-electron chi connectivity index (χ2n) is 3.99. The quantitative estimate of drug-likeness (QED) is 0.672. The molecule has 0 aliphatic rings. The summed E-state index contributed by atoms with van der Waals surface area (Å²) in [7, 11) is 0. The molecule has 0 saturated carbocycles.